The Morgan fingerprint density at radius 3 is 2.46 bits per heavy atom. The maximum atomic E-state index is 12.5. The number of likely N-dealkylation sites (tertiary alicyclic amines) is 1. The summed E-state index contributed by atoms with van der Waals surface area (Å²) in [6.45, 7) is 3.16. The number of rotatable bonds is 5. The molecule has 1 aromatic carbocycles. The number of carbonyl (C=O) groups is 2. The van der Waals surface area contributed by atoms with Crippen molar-refractivity contribution in [2.45, 2.75) is 43.2 Å². The second-order valence-electron chi connectivity index (χ2n) is 5.97. The van der Waals surface area contributed by atoms with Crippen molar-refractivity contribution >= 4 is 33.5 Å². The summed E-state index contributed by atoms with van der Waals surface area (Å²) in [5.74, 6) is -1.66. The summed E-state index contributed by atoms with van der Waals surface area (Å²) in [5, 5.41) is 9.76. The molecule has 1 heterocycles. The SMILES string of the molecule is CC(NS(=O)(=O)c1ccc(Cl)cc1)C(=O)N1CCCC1(C)C(=O)O. The van der Waals surface area contributed by atoms with Gasteiger partial charge in [-0.05, 0) is 51.0 Å². The predicted molar refractivity (Wildman–Crippen MR) is 88.2 cm³/mol. The van der Waals surface area contributed by atoms with Gasteiger partial charge in [0.25, 0.3) is 0 Å². The van der Waals surface area contributed by atoms with Gasteiger partial charge in [-0.1, -0.05) is 11.6 Å². The molecule has 132 valence electrons. The minimum atomic E-state index is -3.91. The summed E-state index contributed by atoms with van der Waals surface area (Å²) in [6, 6.07) is 4.45. The van der Waals surface area contributed by atoms with E-state index in [9.17, 15) is 23.1 Å². The summed E-state index contributed by atoms with van der Waals surface area (Å²) in [5.41, 5.74) is -1.31. The molecular weight excluding hydrogens is 356 g/mol. The minimum Gasteiger partial charge on any atom is -0.480 e. The molecular formula is C15H19ClN2O5S. The van der Waals surface area contributed by atoms with E-state index in [0.717, 1.165) is 0 Å². The average Bonchev–Trinajstić information content (AvgIpc) is 2.89. The molecule has 0 spiro atoms. The van der Waals surface area contributed by atoms with Crippen LogP contribution < -0.4 is 4.72 Å². The third-order valence-corrected chi connectivity index (χ3v) is 6.00. The predicted octanol–water partition coefficient (Wildman–Crippen LogP) is 1.47. The molecule has 1 amide bonds. The molecule has 2 unspecified atom stereocenters. The van der Waals surface area contributed by atoms with E-state index in [0.29, 0.717) is 17.9 Å². The molecule has 2 rings (SSSR count). The van der Waals surface area contributed by atoms with E-state index in [2.05, 4.69) is 4.72 Å². The number of hydrogen-bond acceptors (Lipinski definition) is 4. The number of benzene rings is 1. The number of sulfonamides is 1. The van der Waals surface area contributed by atoms with Gasteiger partial charge in [-0.15, -0.1) is 0 Å². The highest BCUT2D eigenvalue weighted by Gasteiger charge is 2.47. The van der Waals surface area contributed by atoms with Crippen molar-refractivity contribution in [2.24, 2.45) is 0 Å². The number of amides is 1. The lowest BCUT2D eigenvalue weighted by atomic mass is 9.99. The lowest BCUT2D eigenvalue weighted by Crippen LogP contribution is -2.56. The van der Waals surface area contributed by atoms with Crippen LogP contribution in [0.2, 0.25) is 5.02 Å². The molecule has 2 atom stereocenters. The Hall–Kier alpha value is -1.64. The second kappa shape index (κ2) is 6.70. The van der Waals surface area contributed by atoms with Crippen LogP contribution in [0.4, 0.5) is 0 Å². The average molecular weight is 375 g/mol. The van der Waals surface area contributed by atoms with Gasteiger partial charge in [-0.25, -0.2) is 13.2 Å². The maximum Gasteiger partial charge on any atom is 0.329 e. The highest BCUT2D eigenvalue weighted by molar-refractivity contribution is 7.89. The molecule has 1 aliphatic heterocycles. The first-order chi connectivity index (χ1) is 11.1. The monoisotopic (exact) mass is 374 g/mol. The van der Waals surface area contributed by atoms with Gasteiger partial charge in [0, 0.05) is 11.6 Å². The van der Waals surface area contributed by atoms with Crippen molar-refractivity contribution in [1.29, 1.82) is 0 Å². The van der Waals surface area contributed by atoms with Crippen molar-refractivity contribution in [2.75, 3.05) is 6.54 Å². The topological polar surface area (TPSA) is 104 Å². The van der Waals surface area contributed by atoms with Gasteiger partial charge in [0.2, 0.25) is 15.9 Å². The fourth-order valence-electron chi connectivity index (χ4n) is 2.74. The van der Waals surface area contributed by atoms with Crippen LogP contribution in [0.25, 0.3) is 0 Å². The molecule has 7 nitrogen and oxygen atoms in total. The van der Waals surface area contributed by atoms with Crippen molar-refractivity contribution in [3.63, 3.8) is 0 Å². The maximum absolute atomic E-state index is 12.5. The van der Waals surface area contributed by atoms with Crippen LogP contribution in [0.15, 0.2) is 29.2 Å². The zero-order chi connectivity index (χ0) is 18.1. The summed E-state index contributed by atoms with van der Waals surface area (Å²) in [7, 11) is -3.91. The molecule has 0 radical (unpaired) electrons. The smallest absolute Gasteiger partial charge is 0.329 e. The molecule has 9 heteroatoms. The first kappa shape index (κ1) is 18.7. The Kier molecular flexibility index (Phi) is 5.22. The van der Waals surface area contributed by atoms with E-state index >= 15 is 0 Å². The number of nitrogens with zero attached hydrogens (tertiary/aromatic N) is 1. The van der Waals surface area contributed by atoms with E-state index in [1.807, 2.05) is 0 Å². The first-order valence-corrected chi connectivity index (χ1v) is 9.27. The van der Waals surface area contributed by atoms with Crippen LogP contribution in [0.5, 0.6) is 0 Å². The molecule has 1 saturated heterocycles. The third kappa shape index (κ3) is 3.55. The van der Waals surface area contributed by atoms with Crippen molar-refractivity contribution in [3.05, 3.63) is 29.3 Å². The molecule has 0 aliphatic carbocycles. The number of carbonyl (C=O) groups excluding carboxylic acids is 1. The molecule has 0 aromatic heterocycles. The third-order valence-electron chi connectivity index (χ3n) is 4.19. The van der Waals surface area contributed by atoms with Crippen LogP contribution in [0.3, 0.4) is 0 Å². The van der Waals surface area contributed by atoms with E-state index in [1.54, 1.807) is 0 Å². The Morgan fingerprint density at radius 1 is 1.33 bits per heavy atom. The van der Waals surface area contributed by atoms with Gasteiger partial charge in [-0.3, -0.25) is 4.79 Å². The van der Waals surface area contributed by atoms with Crippen LogP contribution >= 0.6 is 11.6 Å². The standard InChI is InChI=1S/C15H19ClN2O5S/c1-10(13(19)18-9-3-8-15(18,2)14(20)21)17-24(22,23)12-6-4-11(16)5-7-12/h4-7,10,17H,3,8-9H2,1-2H3,(H,20,21). The molecule has 0 bridgehead atoms. The van der Waals surface area contributed by atoms with Crippen molar-refractivity contribution in [3.8, 4) is 0 Å². The first-order valence-electron chi connectivity index (χ1n) is 7.41. The minimum absolute atomic E-state index is 0.0195. The van der Waals surface area contributed by atoms with Gasteiger partial charge in [-0.2, -0.15) is 4.72 Å². The summed E-state index contributed by atoms with van der Waals surface area (Å²) in [4.78, 5) is 25.2. The van der Waals surface area contributed by atoms with E-state index in [4.69, 9.17) is 11.6 Å². The van der Waals surface area contributed by atoms with E-state index < -0.39 is 33.5 Å². The summed E-state index contributed by atoms with van der Waals surface area (Å²) >= 11 is 5.73. The largest absolute Gasteiger partial charge is 0.480 e. The van der Waals surface area contributed by atoms with E-state index in [1.165, 1.54) is 43.0 Å². The van der Waals surface area contributed by atoms with Crippen molar-refractivity contribution < 1.29 is 23.1 Å². The number of hydrogen-bond donors (Lipinski definition) is 2. The van der Waals surface area contributed by atoms with Crippen LogP contribution in [-0.2, 0) is 19.6 Å². The Labute approximate surface area is 145 Å². The number of carboxylic acid groups (broad SMARTS) is 1. The molecule has 2 N–H and O–H groups in total. The molecule has 1 fully saturated rings. The van der Waals surface area contributed by atoms with Crippen LogP contribution in [0, 0.1) is 0 Å². The number of nitrogens with one attached hydrogen (secondary N) is 1. The molecule has 1 aliphatic rings. The van der Waals surface area contributed by atoms with Gasteiger partial charge in [0.05, 0.1) is 10.9 Å². The van der Waals surface area contributed by atoms with Gasteiger partial charge >= 0.3 is 5.97 Å². The number of aliphatic carboxylic acids is 1. The quantitative estimate of drug-likeness (QED) is 0.812. The summed E-state index contributed by atoms with van der Waals surface area (Å²) in [6.07, 6.45) is 0.899. The van der Waals surface area contributed by atoms with Crippen LogP contribution in [0.1, 0.15) is 26.7 Å². The zero-order valence-corrected chi connectivity index (χ0v) is 14.9. The molecule has 24 heavy (non-hydrogen) atoms. The number of carboxylic acids is 1. The lowest BCUT2D eigenvalue weighted by molar-refractivity contribution is -0.155. The lowest BCUT2D eigenvalue weighted by Gasteiger charge is -2.33. The highest BCUT2D eigenvalue weighted by Crippen LogP contribution is 2.30. The molecule has 0 saturated carbocycles. The second-order valence-corrected chi connectivity index (χ2v) is 8.12. The van der Waals surface area contributed by atoms with Gasteiger partial charge < -0.3 is 10.0 Å². The Bertz CT molecular complexity index is 750. The van der Waals surface area contributed by atoms with Crippen molar-refractivity contribution in [1.82, 2.24) is 9.62 Å². The normalized spacial score (nSPS) is 22.4. The van der Waals surface area contributed by atoms with Gasteiger partial charge in [0.15, 0.2) is 0 Å². The van der Waals surface area contributed by atoms with Crippen LogP contribution in [-0.4, -0.2) is 48.4 Å². The zero-order valence-electron chi connectivity index (χ0n) is 13.3. The number of halogens is 1. The molecule has 1 aromatic rings. The Balaban J connectivity index is 2.17. The fraction of sp³-hybridized carbons (Fsp3) is 0.467. The highest BCUT2D eigenvalue weighted by atomic mass is 35.5. The van der Waals surface area contributed by atoms with Gasteiger partial charge in [0.1, 0.15) is 5.54 Å². The fourth-order valence-corrected chi connectivity index (χ4v) is 4.06. The summed E-state index contributed by atoms with van der Waals surface area (Å²) < 4.78 is 26.9. The van der Waals surface area contributed by atoms with E-state index in [-0.39, 0.29) is 11.4 Å². The Morgan fingerprint density at radius 2 is 1.92 bits per heavy atom.